The van der Waals surface area contributed by atoms with E-state index in [1.165, 1.54) is 5.56 Å². The Bertz CT molecular complexity index is 596. The van der Waals surface area contributed by atoms with Gasteiger partial charge in [0.1, 0.15) is 5.75 Å². The van der Waals surface area contributed by atoms with Crippen LogP contribution in [0.4, 0.5) is 0 Å². The molecule has 0 saturated heterocycles. The molecule has 0 bridgehead atoms. The van der Waals surface area contributed by atoms with E-state index in [1.807, 2.05) is 48.5 Å². The largest absolute Gasteiger partial charge is 0.496 e. The quantitative estimate of drug-likeness (QED) is 0.887. The minimum atomic E-state index is -0.0726. The van der Waals surface area contributed by atoms with E-state index in [0.29, 0.717) is 12.1 Å². The van der Waals surface area contributed by atoms with Gasteiger partial charge in [0.15, 0.2) is 0 Å². The molecular weight excluding hydrogens is 282 g/mol. The molecule has 0 heterocycles. The van der Waals surface area contributed by atoms with Crippen molar-refractivity contribution in [1.82, 2.24) is 5.32 Å². The van der Waals surface area contributed by atoms with Gasteiger partial charge in [-0.25, -0.2) is 0 Å². The van der Waals surface area contributed by atoms with E-state index >= 15 is 0 Å². The minimum Gasteiger partial charge on any atom is -0.496 e. The van der Waals surface area contributed by atoms with Crippen LogP contribution in [-0.4, -0.2) is 19.3 Å². The average molecular weight is 301 g/mol. The van der Waals surface area contributed by atoms with Crippen molar-refractivity contribution in [2.45, 2.75) is 12.3 Å². The molecule has 0 aliphatic rings. The fraction of sp³-hybridized carbons (Fsp3) is 0.235. The summed E-state index contributed by atoms with van der Waals surface area (Å²) in [7, 11) is 1.63. The van der Waals surface area contributed by atoms with Crippen LogP contribution in [0.1, 0.15) is 21.5 Å². The highest BCUT2D eigenvalue weighted by molar-refractivity contribution is 7.97. The number of hydrogen-bond donors (Lipinski definition) is 1. The number of para-hydroxylation sites is 1. The molecule has 0 atom stereocenters. The fourth-order valence-corrected chi connectivity index (χ4v) is 2.57. The molecule has 3 nitrogen and oxygen atoms in total. The number of rotatable bonds is 6. The second-order valence-electron chi connectivity index (χ2n) is 4.62. The van der Waals surface area contributed by atoms with Crippen LogP contribution >= 0.6 is 11.8 Å². The molecule has 21 heavy (non-hydrogen) atoms. The summed E-state index contributed by atoms with van der Waals surface area (Å²) in [6, 6.07) is 15.4. The van der Waals surface area contributed by atoms with Crippen molar-refractivity contribution in [1.29, 1.82) is 0 Å². The second kappa shape index (κ2) is 7.74. The van der Waals surface area contributed by atoms with Gasteiger partial charge in [0.25, 0.3) is 5.91 Å². The topological polar surface area (TPSA) is 38.3 Å². The molecule has 2 aromatic carbocycles. The van der Waals surface area contributed by atoms with Crippen LogP contribution in [0.5, 0.6) is 5.75 Å². The number of carbonyl (C=O) groups is 1. The molecule has 0 radical (unpaired) electrons. The highest BCUT2D eigenvalue weighted by atomic mass is 32.2. The highest BCUT2D eigenvalue weighted by Crippen LogP contribution is 2.17. The van der Waals surface area contributed by atoms with Gasteiger partial charge in [0, 0.05) is 23.4 Å². The summed E-state index contributed by atoms with van der Waals surface area (Å²) in [5, 5.41) is 2.92. The lowest BCUT2D eigenvalue weighted by molar-refractivity contribution is 0.0950. The van der Waals surface area contributed by atoms with Gasteiger partial charge in [-0.05, 0) is 30.0 Å². The van der Waals surface area contributed by atoms with E-state index in [1.54, 1.807) is 18.9 Å². The van der Waals surface area contributed by atoms with Crippen molar-refractivity contribution in [2.75, 3.05) is 13.4 Å². The maximum absolute atomic E-state index is 12.1. The molecule has 0 aliphatic heterocycles. The number of methoxy groups -OCH3 is 1. The summed E-state index contributed by atoms with van der Waals surface area (Å²) >= 11 is 1.77. The number of carbonyl (C=O) groups excluding carboxylic acids is 1. The van der Waals surface area contributed by atoms with Crippen LogP contribution < -0.4 is 10.1 Å². The molecule has 2 rings (SSSR count). The van der Waals surface area contributed by atoms with Crippen molar-refractivity contribution in [3.05, 3.63) is 65.2 Å². The Labute approximate surface area is 129 Å². The Morgan fingerprint density at radius 2 is 1.86 bits per heavy atom. The van der Waals surface area contributed by atoms with Crippen molar-refractivity contribution >= 4 is 17.7 Å². The third-order valence-electron chi connectivity index (χ3n) is 3.16. The Morgan fingerprint density at radius 1 is 1.14 bits per heavy atom. The summed E-state index contributed by atoms with van der Waals surface area (Å²) < 4.78 is 5.27. The lowest BCUT2D eigenvalue weighted by Gasteiger charge is -2.09. The molecule has 0 aliphatic carbocycles. The third-order valence-corrected chi connectivity index (χ3v) is 3.78. The number of amides is 1. The van der Waals surface area contributed by atoms with Gasteiger partial charge in [-0.1, -0.05) is 30.3 Å². The van der Waals surface area contributed by atoms with Crippen LogP contribution in [0, 0.1) is 0 Å². The molecule has 110 valence electrons. The molecule has 1 amide bonds. The van der Waals surface area contributed by atoms with E-state index in [-0.39, 0.29) is 5.91 Å². The zero-order valence-corrected chi connectivity index (χ0v) is 13.1. The van der Waals surface area contributed by atoms with Crippen molar-refractivity contribution in [3.8, 4) is 5.75 Å². The summed E-state index contributed by atoms with van der Waals surface area (Å²) in [6.45, 7) is 0.454. The molecule has 0 unspecified atom stereocenters. The van der Waals surface area contributed by atoms with Gasteiger partial charge in [0.2, 0.25) is 0 Å². The Morgan fingerprint density at radius 3 is 2.52 bits per heavy atom. The lowest BCUT2D eigenvalue weighted by Crippen LogP contribution is -2.23. The van der Waals surface area contributed by atoms with Crippen molar-refractivity contribution in [3.63, 3.8) is 0 Å². The van der Waals surface area contributed by atoms with Crippen molar-refractivity contribution in [2.24, 2.45) is 0 Å². The maximum atomic E-state index is 12.1. The van der Waals surface area contributed by atoms with Crippen LogP contribution in [0.2, 0.25) is 0 Å². The first kappa shape index (κ1) is 15.4. The van der Waals surface area contributed by atoms with Gasteiger partial charge in [-0.3, -0.25) is 4.79 Å². The zero-order valence-electron chi connectivity index (χ0n) is 12.3. The van der Waals surface area contributed by atoms with Crippen LogP contribution in [0.25, 0.3) is 0 Å². The number of ether oxygens (including phenoxy) is 1. The molecule has 0 fully saturated rings. The summed E-state index contributed by atoms with van der Waals surface area (Å²) in [6.07, 6.45) is 2.06. The normalized spacial score (nSPS) is 10.2. The number of hydrogen-bond acceptors (Lipinski definition) is 3. The molecule has 1 N–H and O–H groups in total. The van der Waals surface area contributed by atoms with Gasteiger partial charge < -0.3 is 10.1 Å². The molecule has 0 spiro atoms. The number of benzene rings is 2. The summed E-state index contributed by atoms with van der Waals surface area (Å²) in [4.78, 5) is 12.1. The van der Waals surface area contributed by atoms with E-state index in [9.17, 15) is 4.79 Å². The molecule has 2 aromatic rings. The standard InChI is InChI=1S/C17H19NO2S/c1-20-16-6-4-3-5-15(16)11-18-17(19)14-9-7-13(8-10-14)12-21-2/h3-10H,11-12H2,1-2H3,(H,18,19). The van der Waals surface area contributed by atoms with E-state index in [2.05, 4.69) is 11.6 Å². The molecular formula is C17H19NO2S. The Hall–Kier alpha value is -1.94. The first-order chi connectivity index (χ1) is 10.2. The molecule has 4 heteroatoms. The predicted octanol–water partition coefficient (Wildman–Crippen LogP) is 3.49. The van der Waals surface area contributed by atoms with Crippen molar-refractivity contribution < 1.29 is 9.53 Å². The monoisotopic (exact) mass is 301 g/mol. The summed E-state index contributed by atoms with van der Waals surface area (Å²) in [5.74, 6) is 1.67. The Kier molecular flexibility index (Phi) is 5.69. The van der Waals surface area contributed by atoms with E-state index < -0.39 is 0 Å². The van der Waals surface area contributed by atoms with Gasteiger partial charge >= 0.3 is 0 Å². The smallest absolute Gasteiger partial charge is 0.251 e. The van der Waals surface area contributed by atoms with Gasteiger partial charge in [-0.15, -0.1) is 0 Å². The number of thioether (sulfide) groups is 1. The fourth-order valence-electron chi connectivity index (χ4n) is 2.05. The Balaban J connectivity index is 1.98. The van der Waals surface area contributed by atoms with Crippen LogP contribution in [0.15, 0.2) is 48.5 Å². The van der Waals surface area contributed by atoms with Crippen LogP contribution in [0.3, 0.4) is 0 Å². The highest BCUT2D eigenvalue weighted by Gasteiger charge is 2.07. The molecule has 0 saturated carbocycles. The predicted molar refractivity (Wildman–Crippen MR) is 87.8 cm³/mol. The van der Waals surface area contributed by atoms with Crippen LogP contribution in [-0.2, 0) is 12.3 Å². The SMILES string of the molecule is COc1ccccc1CNC(=O)c1ccc(CSC)cc1. The summed E-state index contributed by atoms with van der Waals surface area (Å²) in [5.41, 5.74) is 2.87. The first-order valence-corrected chi connectivity index (χ1v) is 8.12. The number of nitrogens with one attached hydrogen (secondary N) is 1. The minimum absolute atomic E-state index is 0.0726. The zero-order chi connectivity index (χ0) is 15.1. The lowest BCUT2D eigenvalue weighted by atomic mass is 10.1. The first-order valence-electron chi connectivity index (χ1n) is 6.72. The van der Waals surface area contributed by atoms with E-state index in [4.69, 9.17) is 4.74 Å². The molecule has 0 aromatic heterocycles. The third kappa shape index (κ3) is 4.26. The van der Waals surface area contributed by atoms with Gasteiger partial charge in [-0.2, -0.15) is 11.8 Å². The van der Waals surface area contributed by atoms with E-state index in [0.717, 1.165) is 17.1 Å². The maximum Gasteiger partial charge on any atom is 0.251 e. The second-order valence-corrected chi connectivity index (χ2v) is 5.49. The average Bonchev–Trinajstić information content (AvgIpc) is 2.54. The van der Waals surface area contributed by atoms with Gasteiger partial charge in [0.05, 0.1) is 7.11 Å².